The molecule has 6 atom stereocenters. The predicted molar refractivity (Wildman–Crippen MR) is 104 cm³/mol. The molecule has 3 saturated carbocycles. The fourth-order valence-electron chi connectivity index (χ4n) is 7.04. The molecule has 0 spiro atoms. The first-order chi connectivity index (χ1) is 12.4. The molecular formula is C23H35NO2. The van der Waals surface area contributed by atoms with Gasteiger partial charge in [-0.1, -0.05) is 31.6 Å². The van der Waals surface area contributed by atoms with E-state index in [1.54, 1.807) is 5.57 Å². The third-order valence-electron chi connectivity index (χ3n) is 8.66. The lowest BCUT2D eigenvalue weighted by Gasteiger charge is -2.58. The van der Waals surface area contributed by atoms with Crippen molar-refractivity contribution >= 4 is 5.97 Å². The van der Waals surface area contributed by atoms with Crippen molar-refractivity contribution in [2.24, 2.45) is 34.3 Å². The number of allylic oxidation sites excluding steroid dienone is 2. The summed E-state index contributed by atoms with van der Waals surface area (Å²) in [5.41, 5.74) is 9.26. The van der Waals surface area contributed by atoms with Gasteiger partial charge in [-0.15, -0.1) is 0 Å². The van der Waals surface area contributed by atoms with Crippen LogP contribution >= 0.6 is 0 Å². The van der Waals surface area contributed by atoms with Gasteiger partial charge in [-0.25, -0.2) is 0 Å². The molecule has 0 aliphatic heterocycles. The van der Waals surface area contributed by atoms with Crippen LogP contribution in [-0.4, -0.2) is 18.6 Å². The van der Waals surface area contributed by atoms with Crippen molar-refractivity contribution in [3.8, 4) is 0 Å². The van der Waals surface area contributed by atoms with Crippen LogP contribution in [-0.2, 0) is 9.53 Å². The van der Waals surface area contributed by atoms with Crippen molar-refractivity contribution in [1.29, 1.82) is 0 Å². The third-order valence-corrected chi connectivity index (χ3v) is 8.66. The van der Waals surface area contributed by atoms with Crippen LogP contribution in [0.5, 0.6) is 0 Å². The Balaban J connectivity index is 1.54. The monoisotopic (exact) mass is 357 g/mol. The van der Waals surface area contributed by atoms with Crippen LogP contribution in [0.2, 0.25) is 0 Å². The lowest BCUT2D eigenvalue weighted by molar-refractivity contribution is -0.148. The molecule has 0 aromatic rings. The maximum atomic E-state index is 11.8. The van der Waals surface area contributed by atoms with Crippen LogP contribution in [0.1, 0.15) is 71.6 Å². The fraction of sp³-hybridized carbons (Fsp3) is 0.783. The van der Waals surface area contributed by atoms with Gasteiger partial charge in [0.15, 0.2) is 0 Å². The minimum atomic E-state index is -0.149. The van der Waals surface area contributed by atoms with Crippen LogP contribution in [0.3, 0.4) is 0 Å². The Morgan fingerprint density at radius 2 is 1.88 bits per heavy atom. The van der Waals surface area contributed by atoms with Gasteiger partial charge >= 0.3 is 5.97 Å². The number of ether oxygens (including phenoxy) is 1. The van der Waals surface area contributed by atoms with Crippen LogP contribution < -0.4 is 5.73 Å². The molecular weight excluding hydrogens is 322 g/mol. The number of carbonyl (C=O) groups is 1. The first-order valence-corrected chi connectivity index (χ1v) is 10.7. The Hall–Kier alpha value is -1.09. The molecule has 3 unspecified atom stereocenters. The predicted octanol–water partition coefficient (Wildman–Crippen LogP) is 4.77. The summed E-state index contributed by atoms with van der Waals surface area (Å²) in [6, 6.07) is 0. The van der Waals surface area contributed by atoms with Gasteiger partial charge in [-0.3, -0.25) is 4.79 Å². The number of hydrogen-bond donors (Lipinski definition) is 1. The van der Waals surface area contributed by atoms with E-state index in [4.69, 9.17) is 10.5 Å². The van der Waals surface area contributed by atoms with E-state index in [2.05, 4.69) is 26.5 Å². The molecule has 3 nitrogen and oxygen atoms in total. The molecule has 2 N–H and O–H groups in total. The minimum Gasteiger partial charge on any atom is -0.458 e. The van der Waals surface area contributed by atoms with Gasteiger partial charge in [0.1, 0.15) is 6.10 Å². The highest BCUT2D eigenvalue weighted by Crippen LogP contribution is 2.66. The highest BCUT2D eigenvalue weighted by atomic mass is 16.5. The molecule has 0 heterocycles. The van der Waals surface area contributed by atoms with Gasteiger partial charge in [0.2, 0.25) is 0 Å². The number of nitrogens with two attached hydrogens (primary N) is 1. The molecule has 0 aromatic heterocycles. The van der Waals surface area contributed by atoms with Crippen molar-refractivity contribution in [2.75, 3.05) is 6.54 Å². The zero-order valence-corrected chi connectivity index (χ0v) is 16.6. The van der Waals surface area contributed by atoms with Gasteiger partial charge in [-0.2, -0.15) is 0 Å². The largest absolute Gasteiger partial charge is 0.458 e. The molecule has 4 aliphatic rings. The highest BCUT2D eigenvalue weighted by Gasteiger charge is 2.57. The van der Waals surface area contributed by atoms with Gasteiger partial charge in [0, 0.05) is 6.54 Å². The zero-order valence-electron chi connectivity index (χ0n) is 16.6. The summed E-state index contributed by atoms with van der Waals surface area (Å²) < 4.78 is 5.65. The summed E-state index contributed by atoms with van der Waals surface area (Å²) in [4.78, 5) is 11.8. The fourth-order valence-corrected chi connectivity index (χ4v) is 7.04. The molecule has 3 heteroatoms. The molecule has 26 heavy (non-hydrogen) atoms. The van der Waals surface area contributed by atoms with Crippen molar-refractivity contribution in [2.45, 2.75) is 77.7 Å². The average Bonchev–Trinajstić information content (AvgIpc) is 2.91. The van der Waals surface area contributed by atoms with Gasteiger partial charge in [0.05, 0.1) is 6.42 Å². The number of carbonyl (C=O) groups excluding carboxylic acids is 1. The minimum absolute atomic E-state index is 0.0335. The zero-order chi connectivity index (χ0) is 18.5. The molecule has 144 valence electrons. The van der Waals surface area contributed by atoms with E-state index >= 15 is 0 Å². The van der Waals surface area contributed by atoms with Crippen molar-refractivity contribution in [1.82, 2.24) is 0 Å². The Kier molecular flexibility index (Phi) is 4.58. The van der Waals surface area contributed by atoms with Gasteiger partial charge < -0.3 is 10.5 Å². The summed E-state index contributed by atoms with van der Waals surface area (Å²) in [5, 5.41) is 0. The molecule has 0 bridgehead atoms. The van der Waals surface area contributed by atoms with E-state index in [9.17, 15) is 4.79 Å². The smallest absolute Gasteiger partial charge is 0.307 e. The molecule has 0 saturated heterocycles. The second-order valence-corrected chi connectivity index (χ2v) is 9.73. The van der Waals surface area contributed by atoms with Crippen LogP contribution in [0.25, 0.3) is 0 Å². The van der Waals surface area contributed by atoms with E-state index in [0.29, 0.717) is 23.8 Å². The molecule has 0 radical (unpaired) electrons. The summed E-state index contributed by atoms with van der Waals surface area (Å²) in [7, 11) is 0. The normalized spacial score (nSPS) is 44.6. The molecule has 4 aliphatic carbocycles. The van der Waals surface area contributed by atoms with E-state index in [1.807, 2.05) is 0 Å². The SMILES string of the molecule is C=C1CCC2C3CCC4=C[C@@H](OC(=O)CCN)CC[C@]4(C)C3CC[C@]12C. The highest BCUT2D eigenvalue weighted by molar-refractivity contribution is 5.70. The summed E-state index contributed by atoms with van der Waals surface area (Å²) >= 11 is 0. The molecule has 0 amide bonds. The van der Waals surface area contributed by atoms with E-state index in [-0.39, 0.29) is 12.1 Å². The van der Waals surface area contributed by atoms with Gasteiger partial charge in [-0.05, 0) is 86.0 Å². The average molecular weight is 358 g/mol. The Labute approximate surface area is 158 Å². The molecule has 0 aromatic carbocycles. The maximum Gasteiger partial charge on any atom is 0.307 e. The first-order valence-electron chi connectivity index (χ1n) is 10.7. The second-order valence-electron chi connectivity index (χ2n) is 9.73. The topological polar surface area (TPSA) is 52.3 Å². The Morgan fingerprint density at radius 3 is 2.65 bits per heavy atom. The second kappa shape index (κ2) is 6.51. The van der Waals surface area contributed by atoms with Crippen LogP contribution in [0.15, 0.2) is 23.8 Å². The molecule has 4 rings (SSSR count). The van der Waals surface area contributed by atoms with Crippen molar-refractivity contribution in [3.05, 3.63) is 23.8 Å². The maximum absolute atomic E-state index is 11.8. The number of rotatable bonds is 3. The van der Waals surface area contributed by atoms with E-state index in [1.165, 1.54) is 44.1 Å². The van der Waals surface area contributed by atoms with Crippen LogP contribution in [0, 0.1) is 28.6 Å². The Bertz CT molecular complexity index is 638. The quantitative estimate of drug-likeness (QED) is 0.585. The van der Waals surface area contributed by atoms with Crippen molar-refractivity contribution in [3.63, 3.8) is 0 Å². The van der Waals surface area contributed by atoms with E-state index in [0.717, 1.165) is 30.6 Å². The lowest BCUT2D eigenvalue weighted by atomic mass is 9.47. The number of esters is 1. The number of hydrogen-bond acceptors (Lipinski definition) is 3. The first kappa shape index (κ1) is 18.3. The summed E-state index contributed by atoms with van der Waals surface area (Å²) in [6.45, 7) is 9.79. The number of fused-ring (bicyclic) bond motifs is 5. The summed E-state index contributed by atoms with van der Waals surface area (Å²) in [5.74, 6) is 2.34. The van der Waals surface area contributed by atoms with Crippen molar-refractivity contribution < 1.29 is 9.53 Å². The Morgan fingerprint density at radius 1 is 1.15 bits per heavy atom. The van der Waals surface area contributed by atoms with Crippen LogP contribution in [0.4, 0.5) is 0 Å². The van der Waals surface area contributed by atoms with E-state index < -0.39 is 0 Å². The summed E-state index contributed by atoms with van der Waals surface area (Å²) in [6.07, 6.45) is 12.4. The lowest BCUT2D eigenvalue weighted by Crippen LogP contribution is -2.50. The molecule has 3 fully saturated rings. The van der Waals surface area contributed by atoms with Gasteiger partial charge in [0.25, 0.3) is 0 Å². The standard InChI is InChI=1S/C23H35NO2/c1-15-4-7-19-18-6-5-16-14-17(26-21(25)10-13-24)8-11-23(16,3)20(18)9-12-22(15,19)2/h14,17-20H,1,4-13,24H2,2-3H3/t17-,18?,19?,20?,22+,23-/m0/s1. The third kappa shape index (κ3) is 2.69.